The molecule has 1 saturated heterocycles. The number of fused-ring (bicyclic) bond motifs is 2. The summed E-state index contributed by atoms with van der Waals surface area (Å²) in [5, 5.41) is 10.3. The summed E-state index contributed by atoms with van der Waals surface area (Å²) in [5.41, 5.74) is 3.20. The summed E-state index contributed by atoms with van der Waals surface area (Å²) in [4.78, 5) is 26.1. The summed E-state index contributed by atoms with van der Waals surface area (Å²) < 4.78 is 1.80. The summed E-state index contributed by atoms with van der Waals surface area (Å²) >= 11 is 1.55. The van der Waals surface area contributed by atoms with Crippen LogP contribution in [0.5, 0.6) is 0 Å². The van der Waals surface area contributed by atoms with Crippen LogP contribution in [0.1, 0.15) is 57.0 Å². The molecular formula is C23H28N6OS. The third-order valence-electron chi connectivity index (χ3n) is 6.01. The fourth-order valence-electron chi connectivity index (χ4n) is 5.22. The van der Waals surface area contributed by atoms with Crippen LogP contribution in [0.2, 0.25) is 0 Å². The van der Waals surface area contributed by atoms with E-state index in [4.69, 9.17) is 9.97 Å². The molecule has 8 heteroatoms. The molecule has 162 valence electrons. The maximum atomic E-state index is 12.9. The molecule has 31 heavy (non-hydrogen) atoms. The molecule has 7 nitrogen and oxygen atoms in total. The Hall–Kier alpha value is -2.58. The van der Waals surface area contributed by atoms with Crippen molar-refractivity contribution in [1.82, 2.24) is 30.0 Å². The molecule has 3 aromatic heterocycles. The van der Waals surface area contributed by atoms with Gasteiger partial charge in [0.05, 0.1) is 10.5 Å². The first-order valence-electron chi connectivity index (χ1n) is 10.6. The van der Waals surface area contributed by atoms with E-state index < -0.39 is 0 Å². The monoisotopic (exact) mass is 436 g/mol. The van der Waals surface area contributed by atoms with Crippen LogP contribution in [0.4, 0.5) is 0 Å². The van der Waals surface area contributed by atoms with Gasteiger partial charge in [-0.05, 0) is 65.2 Å². The SMILES string of the molecule is Cc1cc(-c2nc3sc(C4CC(C)(C)NC(C)(C)C4)nc3c(=O)[nH]2)cc2cn(C)nc12. The zero-order valence-corrected chi connectivity index (χ0v) is 19.6. The van der Waals surface area contributed by atoms with Crippen LogP contribution in [0.3, 0.4) is 0 Å². The Kier molecular flexibility index (Phi) is 4.40. The van der Waals surface area contributed by atoms with E-state index >= 15 is 0 Å². The van der Waals surface area contributed by atoms with Crippen LogP contribution in [0, 0.1) is 6.92 Å². The third kappa shape index (κ3) is 3.68. The second kappa shape index (κ2) is 6.71. The van der Waals surface area contributed by atoms with E-state index in [9.17, 15) is 4.79 Å². The van der Waals surface area contributed by atoms with E-state index in [0.717, 1.165) is 39.9 Å². The molecule has 1 aliphatic heterocycles. The molecule has 0 aliphatic carbocycles. The number of hydrogen-bond donors (Lipinski definition) is 2. The van der Waals surface area contributed by atoms with Crippen molar-refractivity contribution in [2.75, 3.05) is 0 Å². The number of thiazole rings is 1. The molecule has 5 rings (SSSR count). The number of rotatable bonds is 2. The number of H-pyrrole nitrogens is 1. The molecule has 0 amide bonds. The quantitative estimate of drug-likeness (QED) is 0.490. The van der Waals surface area contributed by atoms with E-state index in [0.29, 0.717) is 22.1 Å². The fraction of sp³-hybridized carbons (Fsp3) is 0.478. The van der Waals surface area contributed by atoms with Crippen molar-refractivity contribution in [3.63, 3.8) is 0 Å². The van der Waals surface area contributed by atoms with Gasteiger partial charge in [0.2, 0.25) is 0 Å². The van der Waals surface area contributed by atoms with E-state index in [1.165, 1.54) is 0 Å². The highest BCUT2D eigenvalue weighted by molar-refractivity contribution is 7.18. The van der Waals surface area contributed by atoms with E-state index in [-0.39, 0.29) is 16.6 Å². The molecular weight excluding hydrogens is 408 g/mol. The van der Waals surface area contributed by atoms with Crippen molar-refractivity contribution in [2.45, 2.75) is 64.5 Å². The Morgan fingerprint density at radius 2 is 1.81 bits per heavy atom. The zero-order chi connectivity index (χ0) is 22.1. The number of aromatic amines is 1. The molecule has 0 radical (unpaired) electrons. The Morgan fingerprint density at radius 3 is 2.52 bits per heavy atom. The highest BCUT2D eigenvalue weighted by Crippen LogP contribution is 2.41. The van der Waals surface area contributed by atoms with Crippen molar-refractivity contribution in [2.24, 2.45) is 7.05 Å². The first-order chi connectivity index (χ1) is 14.5. The summed E-state index contributed by atoms with van der Waals surface area (Å²) in [6, 6.07) is 4.05. The number of benzene rings is 1. The van der Waals surface area contributed by atoms with Crippen molar-refractivity contribution in [1.29, 1.82) is 0 Å². The van der Waals surface area contributed by atoms with Crippen LogP contribution >= 0.6 is 11.3 Å². The van der Waals surface area contributed by atoms with Crippen LogP contribution in [0.15, 0.2) is 23.1 Å². The van der Waals surface area contributed by atoms with Gasteiger partial charge in [0.1, 0.15) is 5.82 Å². The standard InChI is InChI=1S/C23H28N6OS/c1-12-7-13(8-14-11-29(6)27-16(12)14)18-25-19(30)17-21(26-18)31-20(24-17)15-9-22(2,3)28-23(4,5)10-15/h7-8,11,15,28H,9-10H2,1-6H3,(H,25,26,30). The van der Waals surface area contributed by atoms with E-state index in [1.54, 1.807) is 16.0 Å². The van der Waals surface area contributed by atoms with Crippen LogP contribution in [0.25, 0.3) is 32.6 Å². The van der Waals surface area contributed by atoms with E-state index in [2.05, 4.69) is 43.1 Å². The normalized spacial score (nSPS) is 18.8. The lowest BCUT2D eigenvalue weighted by Gasteiger charge is -2.46. The Labute approximate surface area is 184 Å². The number of nitrogens with one attached hydrogen (secondary N) is 2. The maximum Gasteiger partial charge on any atom is 0.278 e. The van der Waals surface area contributed by atoms with Gasteiger partial charge in [-0.3, -0.25) is 9.48 Å². The molecule has 0 unspecified atom stereocenters. The summed E-state index contributed by atoms with van der Waals surface area (Å²) in [5.74, 6) is 0.884. The van der Waals surface area contributed by atoms with Gasteiger partial charge in [-0.1, -0.05) is 11.3 Å². The van der Waals surface area contributed by atoms with Gasteiger partial charge in [0.15, 0.2) is 10.3 Å². The molecule has 0 saturated carbocycles. The highest BCUT2D eigenvalue weighted by Gasteiger charge is 2.39. The molecule has 2 N–H and O–H groups in total. The lowest BCUT2D eigenvalue weighted by Crippen LogP contribution is -2.57. The van der Waals surface area contributed by atoms with Gasteiger partial charge in [0, 0.05) is 41.2 Å². The second-order valence-corrected chi connectivity index (χ2v) is 11.2. The summed E-state index contributed by atoms with van der Waals surface area (Å²) in [7, 11) is 1.91. The number of nitrogens with zero attached hydrogens (tertiary/aromatic N) is 4. The second-order valence-electron chi connectivity index (χ2n) is 10.2. The van der Waals surface area contributed by atoms with Crippen LogP contribution in [-0.2, 0) is 7.05 Å². The van der Waals surface area contributed by atoms with Gasteiger partial charge < -0.3 is 10.3 Å². The number of hydrogen-bond acceptors (Lipinski definition) is 6. The van der Waals surface area contributed by atoms with Gasteiger partial charge in [0.25, 0.3) is 5.56 Å². The Morgan fingerprint density at radius 1 is 1.10 bits per heavy atom. The molecule has 0 bridgehead atoms. The summed E-state index contributed by atoms with van der Waals surface area (Å²) in [6.45, 7) is 11.0. The fourth-order valence-corrected chi connectivity index (χ4v) is 6.26. The molecule has 4 heterocycles. The largest absolute Gasteiger partial charge is 0.307 e. The van der Waals surface area contributed by atoms with E-state index in [1.807, 2.05) is 32.3 Å². The Balaban J connectivity index is 1.59. The molecule has 1 aromatic carbocycles. The molecule has 1 aliphatic rings. The minimum atomic E-state index is -0.182. The van der Waals surface area contributed by atoms with Crippen molar-refractivity contribution in [3.05, 3.63) is 39.3 Å². The molecule has 0 spiro atoms. The van der Waals surface area contributed by atoms with Crippen molar-refractivity contribution < 1.29 is 0 Å². The molecule has 4 aromatic rings. The average molecular weight is 437 g/mol. The third-order valence-corrected chi connectivity index (χ3v) is 7.12. The topological polar surface area (TPSA) is 88.5 Å². The maximum absolute atomic E-state index is 12.9. The van der Waals surface area contributed by atoms with Crippen molar-refractivity contribution >= 4 is 32.6 Å². The minimum Gasteiger partial charge on any atom is -0.307 e. The van der Waals surface area contributed by atoms with Crippen molar-refractivity contribution in [3.8, 4) is 11.4 Å². The minimum absolute atomic E-state index is 0.0198. The first-order valence-corrected chi connectivity index (χ1v) is 11.5. The number of piperidine rings is 1. The molecule has 0 atom stereocenters. The van der Waals surface area contributed by atoms with Gasteiger partial charge in [-0.15, -0.1) is 0 Å². The van der Waals surface area contributed by atoms with Gasteiger partial charge in [-0.2, -0.15) is 5.10 Å². The lowest BCUT2D eigenvalue weighted by atomic mass is 9.76. The highest BCUT2D eigenvalue weighted by atomic mass is 32.1. The Bertz CT molecular complexity index is 1360. The number of aromatic nitrogens is 5. The van der Waals surface area contributed by atoms with Gasteiger partial charge in [-0.25, -0.2) is 9.97 Å². The smallest absolute Gasteiger partial charge is 0.278 e. The van der Waals surface area contributed by atoms with Crippen LogP contribution < -0.4 is 10.9 Å². The number of aryl methyl sites for hydroxylation is 2. The van der Waals surface area contributed by atoms with Gasteiger partial charge >= 0.3 is 0 Å². The zero-order valence-electron chi connectivity index (χ0n) is 18.8. The molecule has 1 fully saturated rings. The van der Waals surface area contributed by atoms with Crippen LogP contribution in [-0.4, -0.2) is 35.8 Å². The lowest BCUT2D eigenvalue weighted by molar-refractivity contribution is 0.161. The first kappa shape index (κ1) is 20.3. The predicted octanol–water partition coefficient (Wildman–Crippen LogP) is 4.27. The predicted molar refractivity (Wildman–Crippen MR) is 126 cm³/mol. The average Bonchev–Trinajstić information content (AvgIpc) is 3.22. The summed E-state index contributed by atoms with van der Waals surface area (Å²) in [6.07, 6.45) is 3.95.